The molecule has 138 valence electrons. The summed E-state index contributed by atoms with van der Waals surface area (Å²) in [5.74, 6) is 0.828. The number of carboxylic acid groups (broad SMARTS) is 1. The van der Waals surface area contributed by atoms with Crippen LogP contribution in [0.15, 0.2) is 42.5 Å². The summed E-state index contributed by atoms with van der Waals surface area (Å²) in [4.78, 5) is 11.0. The first-order valence-corrected chi connectivity index (χ1v) is 9.81. The molecule has 0 saturated carbocycles. The smallest absolute Gasteiger partial charge is 0.161 e. The van der Waals surface area contributed by atoms with E-state index in [1.807, 2.05) is 54.7 Å². The zero-order chi connectivity index (χ0) is 18.5. The number of thioether (sulfide) groups is 1. The molecular formula is C19H20ClNO4S. The molecule has 0 radical (unpaired) electrons. The van der Waals surface area contributed by atoms with Crippen LogP contribution in [0, 0.1) is 0 Å². The Morgan fingerprint density at radius 2 is 2.00 bits per heavy atom. The zero-order valence-corrected chi connectivity index (χ0v) is 15.9. The van der Waals surface area contributed by atoms with Crippen LogP contribution >= 0.6 is 23.4 Å². The van der Waals surface area contributed by atoms with E-state index in [4.69, 9.17) is 21.1 Å². The fraction of sp³-hybridized carbons (Fsp3) is 0.316. The summed E-state index contributed by atoms with van der Waals surface area (Å²) in [5, 5.41) is 13.6. The van der Waals surface area contributed by atoms with Gasteiger partial charge in [0.1, 0.15) is 18.6 Å². The van der Waals surface area contributed by atoms with E-state index in [1.54, 1.807) is 11.8 Å². The number of hydrogen-bond donors (Lipinski definition) is 1. The summed E-state index contributed by atoms with van der Waals surface area (Å²) < 4.78 is 11.6. The maximum absolute atomic E-state index is 11.0. The van der Waals surface area contributed by atoms with E-state index in [1.165, 1.54) is 0 Å². The monoisotopic (exact) mass is 393 g/mol. The molecule has 2 aromatic carbocycles. The van der Waals surface area contributed by atoms with E-state index >= 15 is 0 Å². The Hall–Kier alpha value is -1.89. The normalized spacial score (nSPS) is 19.3. The molecule has 0 aromatic heterocycles. The van der Waals surface area contributed by atoms with Crippen LogP contribution in [0.25, 0.3) is 0 Å². The Balaban J connectivity index is 1.72. The average molecular weight is 394 g/mol. The van der Waals surface area contributed by atoms with Gasteiger partial charge in [0.05, 0.1) is 12.4 Å². The first kappa shape index (κ1) is 18.9. The van der Waals surface area contributed by atoms with Crippen LogP contribution in [0.3, 0.4) is 0 Å². The van der Waals surface area contributed by atoms with E-state index < -0.39 is 12.0 Å². The molecule has 1 aliphatic heterocycles. The summed E-state index contributed by atoms with van der Waals surface area (Å²) in [7, 11) is 0. The van der Waals surface area contributed by atoms with Crippen LogP contribution in [0.4, 0.5) is 0 Å². The zero-order valence-electron chi connectivity index (χ0n) is 14.3. The van der Waals surface area contributed by atoms with Crippen molar-refractivity contribution in [3.05, 3.63) is 58.6 Å². The maximum atomic E-state index is 11.0. The maximum Gasteiger partial charge on any atom is 0.161 e. The second-order valence-corrected chi connectivity index (χ2v) is 7.54. The SMILES string of the molecule is CCOc1cc([C@H]2[NH2+][C@@H](C(=O)[O-])CS2)ccc1OCc1ccc(Cl)cc1. The van der Waals surface area contributed by atoms with Crippen molar-refractivity contribution >= 4 is 29.3 Å². The number of rotatable bonds is 7. The van der Waals surface area contributed by atoms with Crippen LogP contribution in [0.1, 0.15) is 23.4 Å². The molecule has 2 aromatic rings. The van der Waals surface area contributed by atoms with Crippen molar-refractivity contribution in [3.8, 4) is 11.5 Å². The third-order valence-electron chi connectivity index (χ3n) is 4.07. The van der Waals surface area contributed by atoms with Crippen molar-refractivity contribution in [3.63, 3.8) is 0 Å². The molecule has 0 spiro atoms. The van der Waals surface area contributed by atoms with Gasteiger partial charge >= 0.3 is 0 Å². The van der Waals surface area contributed by atoms with Crippen molar-refractivity contribution in [1.82, 2.24) is 0 Å². The Bertz CT molecular complexity index is 769. The lowest BCUT2D eigenvalue weighted by Crippen LogP contribution is -2.90. The Labute approximate surface area is 161 Å². The molecule has 7 heteroatoms. The molecule has 5 nitrogen and oxygen atoms in total. The van der Waals surface area contributed by atoms with Gasteiger partial charge in [0.25, 0.3) is 0 Å². The lowest BCUT2D eigenvalue weighted by atomic mass is 10.2. The molecule has 1 saturated heterocycles. The van der Waals surface area contributed by atoms with E-state index in [9.17, 15) is 9.90 Å². The molecule has 0 amide bonds. The summed E-state index contributed by atoms with van der Waals surface area (Å²) in [5.41, 5.74) is 2.01. The number of halogens is 1. The molecular weight excluding hydrogens is 374 g/mol. The quantitative estimate of drug-likeness (QED) is 0.775. The highest BCUT2D eigenvalue weighted by Gasteiger charge is 2.31. The van der Waals surface area contributed by atoms with Gasteiger partial charge in [-0.15, -0.1) is 0 Å². The Morgan fingerprint density at radius 1 is 1.23 bits per heavy atom. The van der Waals surface area contributed by atoms with Gasteiger partial charge in [-0.2, -0.15) is 0 Å². The highest BCUT2D eigenvalue weighted by molar-refractivity contribution is 7.99. The van der Waals surface area contributed by atoms with Gasteiger partial charge in [-0.3, -0.25) is 0 Å². The van der Waals surface area contributed by atoms with Gasteiger partial charge < -0.3 is 24.7 Å². The molecule has 0 bridgehead atoms. The number of carboxylic acids is 1. The lowest BCUT2D eigenvalue weighted by molar-refractivity contribution is -0.690. The second-order valence-electron chi connectivity index (χ2n) is 5.93. The lowest BCUT2D eigenvalue weighted by Gasteiger charge is -2.15. The predicted molar refractivity (Wildman–Crippen MR) is 99.3 cm³/mol. The molecule has 0 unspecified atom stereocenters. The topological polar surface area (TPSA) is 75.2 Å². The fourth-order valence-electron chi connectivity index (χ4n) is 2.71. The fourth-order valence-corrected chi connectivity index (χ4v) is 4.14. The first-order chi connectivity index (χ1) is 12.6. The van der Waals surface area contributed by atoms with Gasteiger partial charge in [-0.1, -0.05) is 35.5 Å². The number of aliphatic carboxylic acids is 1. The molecule has 3 rings (SSSR count). The number of benzene rings is 2. The molecule has 26 heavy (non-hydrogen) atoms. The number of nitrogens with two attached hydrogens (primary N) is 1. The van der Waals surface area contributed by atoms with Gasteiger partial charge in [0.2, 0.25) is 0 Å². The highest BCUT2D eigenvalue weighted by atomic mass is 35.5. The summed E-state index contributed by atoms with van der Waals surface area (Å²) in [6.07, 6.45) is 0. The summed E-state index contributed by atoms with van der Waals surface area (Å²) >= 11 is 7.49. The van der Waals surface area contributed by atoms with Gasteiger partial charge in [0.15, 0.2) is 16.9 Å². The first-order valence-electron chi connectivity index (χ1n) is 8.38. The standard InChI is InChI=1S/C19H20ClNO4S/c1-2-24-17-9-13(18-21-15(11-26-18)19(22)23)5-8-16(17)25-10-12-3-6-14(20)7-4-12/h3-9,15,18,21H,2,10-11H2,1H3,(H,22,23)/t15-,18+/m1/s1. The van der Waals surface area contributed by atoms with Crippen molar-refractivity contribution in [2.45, 2.75) is 24.9 Å². The molecule has 0 aliphatic carbocycles. The van der Waals surface area contributed by atoms with Crippen molar-refractivity contribution in [1.29, 1.82) is 0 Å². The Morgan fingerprint density at radius 3 is 2.65 bits per heavy atom. The van der Waals surface area contributed by atoms with Crippen LogP contribution < -0.4 is 19.9 Å². The van der Waals surface area contributed by atoms with Crippen LogP contribution in [0.5, 0.6) is 11.5 Å². The third kappa shape index (κ3) is 4.63. The van der Waals surface area contributed by atoms with Gasteiger partial charge in [0, 0.05) is 10.6 Å². The minimum absolute atomic E-state index is 0.0161. The van der Waals surface area contributed by atoms with Gasteiger partial charge in [-0.25, -0.2) is 0 Å². The van der Waals surface area contributed by atoms with Crippen LogP contribution in [0.2, 0.25) is 5.02 Å². The minimum atomic E-state index is -1.02. The summed E-state index contributed by atoms with van der Waals surface area (Å²) in [6.45, 7) is 2.84. The molecule has 1 heterocycles. The van der Waals surface area contributed by atoms with Crippen molar-refractivity contribution in [2.75, 3.05) is 12.4 Å². The average Bonchev–Trinajstić information content (AvgIpc) is 3.13. The second kappa shape index (κ2) is 8.66. The third-order valence-corrected chi connectivity index (χ3v) is 5.66. The largest absolute Gasteiger partial charge is 0.544 e. The molecule has 1 aliphatic rings. The van der Waals surface area contributed by atoms with Crippen LogP contribution in [-0.2, 0) is 11.4 Å². The van der Waals surface area contributed by atoms with E-state index in [-0.39, 0.29) is 5.37 Å². The van der Waals surface area contributed by atoms with Crippen molar-refractivity contribution < 1.29 is 24.7 Å². The number of carbonyl (C=O) groups is 1. The Kier molecular flexibility index (Phi) is 6.29. The van der Waals surface area contributed by atoms with E-state index in [2.05, 4.69) is 0 Å². The number of carbonyl (C=O) groups excluding carboxylic acids is 1. The molecule has 2 atom stereocenters. The minimum Gasteiger partial charge on any atom is -0.544 e. The number of quaternary nitrogens is 1. The van der Waals surface area contributed by atoms with Crippen molar-refractivity contribution in [2.24, 2.45) is 0 Å². The highest BCUT2D eigenvalue weighted by Crippen LogP contribution is 2.35. The molecule has 2 N–H and O–H groups in total. The number of ether oxygens (including phenoxy) is 2. The van der Waals surface area contributed by atoms with Crippen LogP contribution in [-0.4, -0.2) is 24.4 Å². The van der Waals surface area contributed by atoms with Gasteiger partial charge in [-0.05, 0) is 42.8 Å². The molecule has 1 fully saturated rings. The summed E-state index contributed by atoms with van der Waals surface area (Å²) in [6, 6.07) is 12.7. The van der Waals surface area contributed by atoms with E-state index in [0.717, 1.165) is 11.1 Å². The number of hydrogen-bond acceptors (Lipinski definition) is 5. The predicted octanol–water partition coefficient (Wildman–Crippen LogP) is 1.75. The van der Waals surface area contributed by atoms with E-state index in [0.29, 0.717) is 35.5 Å².